The number of amides is 1. The highest BCUT2D eigenvalue weighted by atomic mass is 35.5. The minimum absolute atomic E-state index is 0.131. The lowest BCUT2D eigenvalue weighted by atomic mass is 9.81. The van der Waals surface area contributed by atoms with E-state index in [9.17, 15) is 14.7 Å². The summed E-state index contributed by atoms with van der Waals surface area (Å²) in [5.41, 5.74) is 1.16. The molecule has 172 valence electrons. The average Bonchev–Trinajstić information content (AvgIpc) is 2.70. The Morgan fingerprint density at radius 1 is 1.22 bits per heavy atom. The molecular formula is C25H30ClNO5. The molecule has 0 bridgehead atoms. The highest BCUT2D eigenvalue weighted by molar-refractivity contribution is 6.30. The van der Waals surface area contributed by atoms with Crippen molar-refractivity contribution in [1.82, 2.24) is 5.32 Å². The molecule has 0 spiro atoms. The van der Waals surface area contributed by atoms with Crippen molar-refractivity contribution in [2.75, 3.05) is 6.61 Å². The van der Waals surface area contributed by atoms with Crippen LogP contribution >= 0.6 is 11.6 Å². The number of hydrogen-bond donors (Lipinski definition) is 2. The minimum atomic E-state index is -1.02. The van der Waals surface area contributed by atoms with Crippen molar-refractivity contribution in [3.05, 3.63) is 64.2 Å². The molecule has 0 aromatic heterocycles. The molecule has 6 nitrogen and oxygen atoms in total. The Morgan fingerprint density at radius 3 is 2.56 bits per heavy atom. The molecule has 1 aliphatic heterocycles. The van der Waals surface area contributed by atoms with Gasteiger partial charge in [-0.05, 0) is 48.7 Å². The maximum atomic E-state index is 12.0. The second kappa shape index (κ2) is 9.92. The van der Waals surface area contributed by atoms with E-state index >= 15 is 0 Å². The van der Waals surface area contributed by atoms with Gasteiger partial charge in [0.05, 0.1) is 24.4 Å². The minimum Gasteiger partial charge on any atom is -0.493 e. The number of halogens is 1. The van der Waals surface area contributed by atoms with Gasteiger partial charge in [-0.15, -0.1) is 0 Å². The van der Waals surface area contributed by atoms with Crippen LogP contribution in [0.25, 0.3) is 0 Å². The van der Waals surface area contributed by atoms with Crippen molar-refractivity contribution >= 4 is 23.5 Å². The van der Waals surface area contributed by atoms with Crippen molar-refractivity contribution in [2.24, 2.45) is 5.92 Å². The largest absolute Gasteiger partial charge is 0.493 e. The maximum absolute atomic E-state index is 12.0. The molecule has 3 rings (SSSR count). The first kappa shape index (κ1) is 24.1. The Kier molecular flexibility index (Phi) is 7.47. The molecule has 0 radical (unpaired) electrons. The smallest absolute Gasteiger partial charge is 0.335 e. The third-order valence-electron chi connectivity index (χ3n) is 5.47. The predicted molar refractivity (Wildman–Crippen MR) is 123 cm³/mol. The lowest BCUT2D eigenvalue weighted by Crippen LogP contribution is -2.50. The highest BCUT2D eigenvalue weighted by Crippen LogP contribution is 2.46. The first-order chi connectivity index (χ1) is 15.1. The van der Waals surface area contributed by atoms with Crippen LogP contribution in [0.2, 0.25) is 5.02 Å². The number of benzene rings is 2. The molecule has 1 saturated heterocycles. The lowest BCUT2D eigenvalue weighted by Gasteiger charge is -2.43. The summed E-state index contributed by atoms with van der Waals surface area (Å²) in [7, 11) is 0. The normalized spacial score (nSPS) is 23.1. The van der Waals surface area contributed by atoms with E-state index in [1.165, 1.54) is 13.0 Å². The van der Waals surface area contributed by atoms with Crippen LogP contribution in [0.1, 0.15) is 74.2 Å². The van der Waals surface area contributed by atoms with Gasteiger partial charge in [-0.3, -0.25) is 4.79 Å². The quantitative estimate of drug-likeness (QED) is 0.566. The first-order valence-electron chi connectivity index (χ1n) is 10.8. The van der Waals surface area contributed by atoms with Crippen LogP contribution in [0.5, 0.6) is 5.75 Å². The molecule has 1 aliphatic rings. The van der Waals surface area contributed by atoms with Crippen molar-refractivity contribution < 1.29 is 24.2 Å². The topological polar surface area (TPSA) is 84.9 Å². The summed E-state index contributed by atoms with van der Waals surface area (Å²) in [6, 6.07) is 12.3. The van der Waals surface area contributed by atoms with Gasteiger partial charge >= 0.3 is 5.97 Å². The molecule has 1 amide bonds. The van der Waals surface area contributed by atoms with Gasteiger partial charge in [0, 0.05) is 35.9 Å². The molecule has 0 saturated carbocycles. The number of hydrogen-bond acceptors (Lipinski definition) is 4. The molecule has 2 aromatic carbocycles. The Labute approximate surface area is 193 Å². The second-order valence-electron chi connectivity index (χ2n) is 9.08. The van der Waals surface area contributed by atoms with Gasteiger partial charge in [0.1, 0.15) is 5.75 Å². The van der Waals surface area contributed by atoms with E-state index in [-0.39, 0.29) is 17.6 Å². The molecule has 0 aliphatic carbocycles. The zero-order chi connectivity index (χ0) is 23.5. The van der Waals surface area contributed by atoms with Crippen LogP contribution in [-0.2, 0) is 9.53 Å². The zero-order valence-corrected chi connectivity index (χ0v) is 19.6. The third-order valence-corrected chi connectivity index (χ3v) is 5.71. The summed E-state index contributed by atoms with van der Waals surface area (Å²) in [4.78, 5) is 23.6. The van der Waals surface area contributed by atoms with Gasteiger partial charge < -0.3 is 19.9 Å². The van der Waals surface area contributed by atoms with E-state index in [1.807, 2.05) is 39.0 Å². The summed E-state index contributed by atoms with van der Waals surface area (Å²) < 4.78 is 12.5. The molecule has 2 aromatic rings. The Morgan fingerprint density at radius 2 is 1.94 bits per heavy atom. The van der Waals surface area contributed by atoms with Crippen LogP contribution in [-0.4, -0.2) is 29.1 Å². The third kappa shape index (κ3) is 6.02. The molecule has 1 fully saturated rings. The van der Waals surface area contributed by atoms with Crippen molar-refractivity contribution in [1.29, 1.82) is 0 Å². The summed E-state index contributed by atoms with van der Waals surface area (Å²) in [5, 5.41) is 13.2. The van der Waals surface area contributed by atoms with E-state index < -0.39 is 17.6 Å². The number of carboxylic acid groups (broad SMARTS) is 1. The fourth-order valence-corrected chi connectivity index (χ4v) is 4.33. The maximum Gasteiger partial charge on any atom is 0.335 e. The molecule has 0 unspecified atom stereocenters. The standard InChI is InChI=1S/C25H30ClNO5/c1-15(2)14-31-21-9-8-18(24(29)30)11-20(21)23-13-25(4,27-16(3)28)12-22(32-23)17-6-5-7-19(26)10-17/h5-11,15,22-23H,12-14H2,1-4H3,(H,27,28)(H,29,30)/t22-,23+,25+/m0/s1. The van der Waals surface area contributed by atoms with Crippen molar-refractivity contribution in [3.8, 4) is 5.75 Å². The predicted octanol–water partition coefficient (Wildman–Crippen LogP) is 5.56. The van der Waals surface area contributed by atoms with Crippen LogP contribution < -0.4 is 10.1 Å². The molecular weight excluding hydrogens is 430 g/mol. The van der Waals surface area contributed by atoms with E-state index in [4.69, 9.17) is 21.1 Å². The molecule has 7 heteroatoms. The number of rotatable bonds is 7. The highest BCUT2D eigenvalue weighted by Gasteiger charge is 2.41. The van der Waals surface area contributed by atoms with Crippen LogP contribution in [0.4, 0.5) is 0 Å². The molecule has 3 atom stereocenters. The molecule has 2 N–H and O–H groups in total. The van der Waals surface area contributed by atoms with E-state index in [1.54, 1.807) is 18.2 Å². The number of aromatic carboxylic acids is 1. The lowest BCUT2D eigenvalue weighted by molar-refractivity contribution is -0.126. The van der Waals surface area contributed by atoms with E-state index in [2.05, 4.69) is 5.32 Å². The zero-order valence-electron chi connectivity index (χ0n) is 18.9. The number of carboxylic acids is 1. The van der Waals surface area contributed by atoms with Gasteiger partial charge in [-0.2, -0.15) is 0 Å². The SMILES string of the molecule is CC(=O)N[C@]1(C)C[C@@H](c2cccc(Cl)c2)O[C@@H](c2cc(C(=O)O)ccc2OCC(C)C)C1. The fourth-order valence-electron chi connectivity index (χ4n) is 4.13. The summed E-state index contributed by atoms with van der Waals surface area (Å²) in [6.45, 7) is 8.06. The van der Waals surface area contributed by atoms with Crippen molar-refractivity contribution in [3.63, 3.8) is 0 Å². The molecule has 1 heterocycles. The summed E-state index contributed by atoms with van der Waals surface area (Å²) in [6.07, 6.45) is 0.219. The van der Waals surface area contributed by atoms with Gasteiger partial charge in [0.2, 0.25) is 5.91 Å². The number of carbonyl (C=O) groups is 2. The Hall–Kier alpha value is -2.57. The molecule has 32 heavy (non-hydrogen) atoms. The van der Waals surface area contributed by atoms with Gasteiger partial charge in [-0.1, -0.05) is 37.6 Å². The van der Waals surface area contributed by atoms with Crippen LogP contribution in [0.15, 0.2) is 42.5 Å². The van der Waals surface area contributed by atoms with Gasteiger partial charge in [0.15, 0.2) is 0 Å². The Bertz CT molecular complexity index is 992. The van der Waals surface area contributed by atoms with E-state index in [0.29, 0.717) is 41.7 Å². The van der Waals surface area contributed by atoms with Crippen LogP contribution in [0.3, 0.4) is 0 Å². The first-order valence-corrected chi connectivity index (χ1v) is 11.1. The number of ether oxygens (including phenoxy) is 2. The Balaban J connectivity index is 2.04. The van der Waals surface area contributed by atoms with E-state index in [0.717, 1.165) is 5.56 Å². The summed E-state index contributed by atoms with van der Waals surface area (Å²) in [5.74, 6) is -0.259. The van der Waals surface area contributed by atoms with Crippen molar-refractivity contribution in [2.45, 2.75) is 58.3 Å². The second-order valence-corrected chi connectivity index (χ2v) is 9.52. The van der Waals surface area contributed by atoms with Crippen LogP contribution in [0, 0.1) is 5.92 Å². The summed E-state index contributed by atoms with van der Waals surface area (Å²) >= 11 is 6.21. The fraction of sp³-hybridized carbons (Fsp3) is 0.440. The van der Waals surface area contributed by atoms with Gasteiger partial charge in [-0.25, -0.2) is 4.79 Å². The number of carbonyl (C=O) groups excluding carboxylic acids is 1. The monoisotopic (exact) mass is 459 g/mol. The number of nitrogens with one attached hydrogen (secondary N) is 1. The van der Waals surface area contributed by atoms with Gasteiger partial charge in [0.25, 0.3) is 0 Å². The average molecular weight is 460 g/mol.